The zero-order valence-electron chi connectivity index (χ0n) is 11.2. The number of nitrogens with zero attached hydrogens (tertiary/aromatic N) is 1. The van der Waals surface area contributed by atoms with Gasteiger partial charge in [-0.15, -0.1) is 0 Å². The van der Waals surface area contributed by atoms with E-state index in [-0.39, 0.29) is 5.79 Å². The van der Waals surface area contributed by atoms with E-state index in [1.807, 2.05) is 0 Å². The van der Waals surface area contributed by atoms with Crippen LogP contribution in [0.15, 0.2) is 0 Å². The summed E-state index contributed by atoms with van der Waals surface area (Å²) in [5.41, 5.74) is 0. The van der Waals surface area contributed by atoms with Gasteiger partial charge in [0.15, 0.2) is 5.79 Å². The molecule has 1 saturated carbocycles. The maximum absolute atomic E-state index is 5.73. The summed E-state index contributed by atoms with van der Waals surface area (Å²) in [5, 5.41) is 3.64. The summed E-state index contributed by atoms with van der Waals surface area (Å²) >= 11 is 0. The highest BCUT2D eigenvalue weighted by Gasteiger charge is 2.39. The zero-order chi connectivity index (χ0) is 12.1. The van der Waals surface area contributed by atoms with E-state index in [2.05, 4.69) is 24.2 Å². The predicted molar refractivity (Wildman–Crippen MR) is 68.1 cm³/mol. The Hall–Kier alpha value is -0.160. The molecule has 100 valence electrons. The van der Waals surface area contributed by atoms with Gasteiger partial charge in [-0.05, 0) is 26.4 Å². The van der Waals surface area contributed by atoms with Gasteiger partial charge in [0, 0.05) is 32.0 Å². The molecular formula is C13H26N2O2. The fourth-order valence-electron chi connectivity index (χ4n) is 2.67. The first-order valence-electron chi connectivity index (χ1n) is 6.94. The van der Waals surface area contributed by atoms with E-state index in [0.717, 1.165) is 45.7 Å². The lowest BCUT2D eigenvalue weighted by atomic mass is 9.90. The van der Waals surface area contributed by atoms with Crippen LogP contribution in [0.5, 0.6) is 0 Å². The molecule has 0 unspecified atom stereocenters. The van der Waals surface area contributed by atoms with Crippen molar-refractivity contribution in [1.29, 1.82) is 0 Å². The molecule has 2 fully saturated rings. The van der Waals surface area contributed by atoms with E-state index < -0.39 is 0 Å². The maximum atomic E-state index is 5.73. The van der Waals surface area contributed by atoms with Gasteiger partial charge in [-0.25, -0.2) is 0 Å². The average Bonchev–Trinajstić information content (AvgIpc) is 2.80. The lowest BCUT2D eigenvalue weighted by Gasteiger charge is -2.35. The summed E-state index contributed by atoms with van der Waals surface area (Å²) in [7, 11) is 2.16. The lowest BCUT2D eigenvalue weighted by molar-refractivity contribution is -0.179. The van der Waals surface area contributed by atoms with Gasteiger partial charge in [-0.1, -0.05) is 6.92 Å². The molecule has 1 saturated heterocycles. The summed E-state index contributed by atoms with van der Waals surface area (Å²) in [6.07, 6.45) is 4.45. The Balaban J connectivity index is 1.62. The van der Waals surface area contributed by atoms with Crippen molar-refractivity contribution in [3.05, 3.63) is 0 Å². The Morgan fingerprint density at radius 2 is 1.88 bits per heavy atom. The fourth-order valence-corrected chi connectivity index (χ4v) is 2.67. The number of hydrogen-bond donors (Lipinski definition) is 1. The van der Waals surface area contributed by atoms with E-state index in [1.165, 1.54) is 12.8 Å². The first kappa shape index (κ1) is 13.3. The van der Waals surface area contributed by atoms with Gasteiger partial charge in [-0.3, -0.25) is 0 Å². The van der Waals surface area contributed by atoms with Crippen molar-refractivity contribution in [2.24, 2.45) is 0 Å². The van der Waals surface area contributed by atoms with Crippen LogP contribution >= 0.6 is 0 Å². The van der Waals surface area contributed by atoms with Crippen molar-refractivity contribution in [1.82, 2.24) is 10.2 Å². The normalized spacial score (nSPS) is 24.9. The second-order valence-electron chi connectivity index (χ2n) is 5.23. The number of nitrogens with one attached hydrogen (secondary N) is 1. The van der Waals surface area contributed by atoms with E-state index in [9.17, 15) is 0 Å². The van der Waals surface area contributed by atoms with Gasteiger partial charge in [-0.2, -0.15) is 0 Å². The molecule has 1 aliphatic heterocycles. The fraction of sp³-hybridized carbons (Fsp3) is 1.00. The van der Waals surface area contributed by atoms with Crippen LogP contribution in [0.2, 0.25) is 0 Å². The van der Waals surface area contributed by atoms with Crippen LogP contribution in [0, 0.1) is 0 Å². The van der Waals surface area contributed by atoms with E-state index in [1.54, 1.807) is 0 Å². The number of ether oxygens (including phenoxy) is 2. The molecule has 0 atom stereocenters. The van der Waals surface area contributed by atoms with E-state index in [0.29, 0.717) is 6.04 Å². The molecular weight excluding hydrogens is 216 g/mol. The molecule has 0 radical (unpaired) electrons. The van der Waals surface area contributed by atoms with Gasteiger partial charge >= 0.3 is 0 Å². The van der Waals surface area contributed by atoms with Crippen LogP contribution in [0.4, 0.5) is 0 Å². The summed E-state index contributed by atoms with van der Waals surface area (Å²) in [4.78, 5) is 2.33. The molecule has 4 heteroatoms. The van der Waals surface area contributed by atoms with Crippen LogP contribution in [0.1, 0.15) is 32.6 Å². The molecule has 2 rings (SSSR count). The van der Waals surface area contributed by atoms with Crippen molar-refractivity contribution in [2.75, 3.05) is 39.9 Å². The molecule has 1 aliphatic carbocycles. The van der Waals surface area contributed by atoms with Crippen molar-refractivity contribution in [3.8, 4) is 0 Å². The molecule has 0 bridgehead atoms. The third-order valence-electron chi connectivity index (χ3n) is 4.03. The largest absolute Gasteiger partial charge is 0.348 e. The van der Waals surface area contributed by atoms with Crippen LogP contribution < -0.4 is 5.32 Å². The minimum Gasteiger partial charge on any atom is -0.348 e. The Labute approximate surface area is 105 Å². The van der Waals surface area contributed by atoms with E-state index >= 15 is 0 Å². The molecule has 1 heterocycles. The van der Waals surface area contributed by atoms with Gasteiger partial charge in [0.25, 0.3) is 0 Å². The first-order valence-corrected chi connectivity index (χ1v) is 6.94. The van der Waals surface area contributed by atoms with E-state index in [4.69, 9.17) is 9.47 Å². The lowest BCUT2D eigenvalue weighted by Crippen LogP contribution is -2.43. The molecule has 0 amide bonds. The standard InChI is InChI=1S/C13H26N2O2/c1-3-15(2)9-8-14-12-4-6-13(7-5-12)16-10-11-17-13/h12,14H,3-11H2,1-2H3. The summed E-state index contributed by atoms with van der Waals surface area (Å²) in [6.45, 7) is 7.09. The Bertz CT molecular complexity index is 219. The quantitative estimate of drug-likeness (QED) is 0.786. The zero-order valence-corrected chi connectivity index (χ0v) is 11.2. The minimum absolute atomic E-state index is 0.210. The van der Waals surface area contributed by atoms with Gasteiger partial charge in [0.2, 0.25) is 0 Å². The highest BCUT2D eigenvalue weighted by Crippen LogP contribution is 2.35. The minimum atomic E-state index is -0.210. The van der Waals surface area contributed by atoms with Gasteiger partial charge in [0.05, 0.1) is 13.2 Å². The summed E-state index contributed by atoms with van der Waals surface area (Å²) in [6, 6.07) is 0.652. The van der Waals surface area contributed by atoms with Crippen molar-refractivity contribution in [2.45, 2.75) is 44.4 Å². The Morgan fingerprint density at radius 1 is 1.24 bits per heavy atom. The third kappa shape index (κ3) is 3.65. The predicted octanol–water partition coefficient (Wildman–Crippen LogP) is 1.21. The smallest absolute Gasteiger partial charge is 0.168 e. The molecule has 0 aromatic heterocycles. The van der Waals surface area contributed by atoms with Crippen molar-refractivity contribution >= 4 is 0 Å². The highest BCUT2D eigenvalue weighted by atomic mass is 16.7. The molecule has 1 N–H and O–H groups in total. The molecule has 17 heavy (non-hydrogen) atoms. The number of rotatable bonds is 5. The monoisotopic (exact) mass is 242 g/mol. The Kier molecular flexibility index (Phi) is 4.79. The topological polar surface area (TPSA) is 33.7 Å². The second kappa shape index (κ2) is 6.14. The maximum Gasteiger partial charge on any atom is 0.168 e. The molecule has 2 aliphatic rings. The second-order valence-corrected chi connectivity index (χ2v) is 5.23. The van der Waals surface area contributed by atoms with Crippen LogP contribution in [-0.2, 0) is 9.47 Å². The van der Waals surface area contributed by atoms with Crippen LogP contribution in [-0.4, -0.2) is 56.6 Å². The van der Waals surface area contributed by atoms with Gasteiger partial charge < -0.3 is 19.7 Å². The summed E-state index contributed by atoms with van der Waals surface area (Å²) < 4.78 is 11.5. The van der Waals surface area contributed by atoms with Crippen LogP contribution in [0.25, 0.3) is 0 Å². The van der Waals surface area contributed by atoms with Crippen molar-refractivity contribution in [3.63, 3.8) is 0 Å². The van der Waals surface area contributed by atoms with Crippen molar-refractivity contribution < 1.29 is 9.47 Å². The number of likely N-dealkylation sites (N-methyl/N-ethyl adjacent to an activating group) is 1. The molecule has 4 nitrogen and oxygen atoms in total. The van der Waals surface area contributed by atoms with Gasteiger partial charge in [0.1, 0.15) is 0 Å². The Morgan fingerprint density at radius 3 is 2.47 bits per heavy atom. The first-order chi connectivity index (χ1) is 8.24. The SMILES string of the molecule is CCN(C)CCNC1CCC2(CC1)OCCO2. The molecule has 1 spiro atoms. The molecule has 0 aromatic rings. The number of hydrogen-bond acceptors (Lipinski definition) is 4. The van der Waals surface area contributed by atoms with Crippen LogP contribution in [0.3, 0.4) is 0 Å². The molecule has 0 aromatic carbocycles. The third-order valence-corrected chi connectivity index (χ3v) is 4.03. The average molecular weight is 242 g/mol. The summed E-state index contributed by atoms with van der Waals surface area (Å²) in [5.74, 6) is -0.210. The highest BCUT2D eigenvalue weighted by molar-refractivity contribution is 4.85.